The van der Waals surface area contributed by atoms with Crippen molar-refractivity contribution in [2.24, 2.45) is 0 Å². The molecular formula is C11H9F2NO2. The zero-order valence-electron chi connectivity index (χ0n) is 8.48. The van der Waals surface area contributed by atoms with Gasteiger partial charge in [-0.3, -0.25) is 0 Å². The van der Waals surface area contributed by atoms with Crippen molar-refractivity contribution >= 4 is 0 Å². The molecule has 2 rings (SSSR count). The van der Waals surface area contributed by atoms with Gasteiger partial charge in [0.25, 0.3) is 0 Å². The van der Waals surface area contributed by atoms with E-state index in [1.54, 1.807) is 25.1 Å². The summed E-state index contributed by atoms with van der Waals surface area (Å²) in [6.45, 7) is -1.13. The molecule has 0 atom stereocenters. The molecule has 84 valence electrons. The van der Waals surface area contributed by atoms with Crippen molar-refractivity contribution in [3.63, 3.8) is 0 Å². The van der Waals surface area contributed by atoms with Gasteiger partial charge in [-0.15, -0.1) is 0 Å². The van der Waals surface area contributed by atoms with Crippen LogP contribution in [0, 0.1) is 6.92 Å². The second kappa shape index (κ2) is 4.30. The summed E-state index contributed by atoms with van der Waals surface area (Å²) >= 11 is 0. The van der Waals surface area contributed by atoms with E-state index in [4.69, 9.17) is 4.42 Å². The maximum Gasteiger partial charge on any atom is 0.387 e. The molecule has 1 aromatic carbocycles. The van der Waals surface area contributed by atoms with E-state index in [1.165, 1.54) is 12.3 Å². The largest absolute Gasteiger partial charge is 0.441 e. The molecule has 0 bridgehead atoms. The fraction of sp³-hybridized carbons (Fsp3) is 0.182. The second-order valence-electron chi connectivity index (χ2n) is 3.15. The molecule has 0 radical (unpaired) electrons. The molecule has 1 aromatic heterocycles. The van der Waals surface area contributed by atoms with Crippen LogP contribution in [0.4, 0.5) is 8.78 Å². The molecular weight excluding hydrogens is 216 g/mol. The lowest BCUT2D eigenvalue weighted by Gasteiger charge is -2.07. The van der Waals surface area contributed by atoms with Gasteiger partial charge in [-0.1, -0.05) is 12.1 Å². The second-order valence-corrected chi connectivity index (χ2v) is 3.15. The van der Waals surface area contributed by atoms with E-state index in [1.807, 2.05) is 0 Å². The third kappa shape index (κ3) is 2.18. The van der Waals surface area contributed by atoms with Gasteiger partial charge in [0.2, 0.25) is 5.89 Å². The number of oxazole rings is 1. The van der Waals surface area contributed by atoms with Crippen LogP contribution in [0.5, 0.6) is 5.75 Å². The van der Waals surface area contributed by atoms with Crippen LogP contribution in [-0.2, 0) is 0 Å². The van der Waals surface area contributed by atoms with Crippen molar-refractivity contribution in [2.45, 2.75) is 13.5 Å². The van der Waals surface area contributed by atoms with Gasteiger partial charge in [0, 0.05) is 0 Å². The number of hydrogen-bond acceptors (Lipinski definition) is 3. The highest BCUT2D eigenvalue weighted by atomic mass is 19.3. The monoisotopic (exact) mass is 225 g/mol. The van der Waals surface area contributed by atoms with E-state index in [2.05, 4.69) is 9.72 Å². The third-order valence-corrected chi connectivity index (χ3v) is 1.95. The summed E-state index contributed by atoms with van der Waals surface area (Å²) in [6, 6.07) is 6.37. The van der Waals surface area contributed by atoms with Crippen LogP contribution in [0.3, 0.4) is 0 Å². The Balaban J connectivity index is 2.40. The van der Waals surface area contributed by atoms with E-state index < -0.39 is 6.61 Å². The van der Waals surface area contributed by atoms with Gasteiger partial charge in [-0.2, -0.15) is 8.78 Å². The summed E-state index contributed by atoms with van der Waals surface area (Å²) in [5, 5.41) is 0. The number of hydrogen-bond donors (Lipinski definition) is 0. The zero-order valence-corrected chi connectivity index (χ0v) is 8.48. The van der Waals surface area contributed by atoms with Gasteiger partial charge in [0.15, 0.2) is 0 Å². The average molecular weight is 225 g/mol. The highest BCUT2D eigenvalue weighted by Crippen LogP contribution is 2.30. The van der Waals surface area contributed by atoms with Crippen molar-refractivity contribution in [1.82, 2.24) is 4.98 Å². The first-order chi connectivity index (χ1) is 7.66. The van der Waals surface area contributed by atoms with Crippen LogP contribution in [0.15, 0.2) is 34.9 Å². The molecule has 0 aliphatic rings. The Morgan fingerprint density at radius 2 is 2.06 bits per heavy atom. The number of halogens is 2. The van der Waals surface area contributed by atoms with Crippen molar-refractivity contribution in [2.75, 3.05) is 0 Å². The number of alkyl halides is 2. The molecule has 16 heavy (non-hydrogen) atoms. The van der Waals surface area contributed by atoms with Crippen LogP contribution in [0.2, 0.25) is 0 Å². The van der Waals surface area contributed by atoms with Crippen molar-refractivity contribution < 1.29 is 17.9 Å². The third-order valence-electron chi connectivity index (χ3n) is 1.95. The predicted octanol–water partition coefficient (Wildman–Crippen LogP) is 3.25. The Morgan fingerprint density at radius 1 is 1.31 bits per heavy atom. The summed E-state index contributed by atoms with van der Waals surface area (Å²) in [6.07, 6.45) is 1.52. The summed E-state index contributed by atoms with van der Waals surface area (Å²) in [7, 11) is 0. The molecule has 0 unspecified atom stereocenters. The summed E-state index contributed by atoms with van der Waals surface area (Å²) < 4.78 is 33.9. The summed E-state index contributed by atoms with van der Waals surface area (Å²) in [5.41, 5.74) is 0.413. The molecule has 0 aliphatic carbocycles. The van der Waals surface area contributed by atoms with E-state index in [0.29, 0.717) is 11.3 Å². The lowest BCUT2D eigenvalue weighted by Crippen LogP contribution is -2.02. The number of rotatable bonds is 3. The molecule has 2 aromatic rings. The molecule has 0 N–H and O–H groups in total. The van der Waals surface area contributed by atoms with Crippen molar-refractivity contribution in [3.05, 3.63) is 36.2 Å². The maximum atomic E-state index is 12.1. The smallest absolute Gasteiger partial charge is 0.387 e. The van der Waals surface area contributed by atoms with E-state index in [-0.39, 0.29) is 11.6 Å². The summed E-state index contributed by atoms with van der Waals surface area (Å²) in [5.74, 6) is 0.940. The van der Waals surface area contributed by atoms with Crippen LogP contribution in [-0.4, -0.2) is 11.6 Å². The number of nitrogens with zero attached hydrogens (tertiary/aromatic N) is 1. The normalized spacial score (nSPS) is 10.8. The molecule has 0 saturated carbocycles. The lowest BCUT2D eigenvalue weighted by molar-refractivity contribution is -0.0495. The van der Waals surface area contributed by atoms with Gasteiger partial charge in [-0.25, -0.2) is 4.98 Å². The maximum absolute atomic E-state index is 12.1. The van der Waals surface area contributed by atoms with E-state index >= 15 is 0 Å². The molecule has 0 fully saturated rings. The first-order valence-corrected chi connectivity index (χ1v) is 4.63. The summed E-state index contributed by atoms with van der Waals surface area (Å²) in [4.78, 5) is 3.96. The van der Waals surface area contributed by atoms with Crippen LogP contribution < -0.4 is 4.74 Å². The molecule has 0 saturated heterocycles. The predicted molar refractivity (Wildman–Crippen MR) is 53.3 cm³/mol. The number of para-hydroxylation sites is 1. The van der Waals surface area contributed by atoms with Gasteiger partial charge in [-0.05, 0) is 19.1 Å². The average Bonchev–Trinajstić information content (AvgIpc) is 2.65. The van der Waals surface area contributed by atoms with Gasteiger partial charge in [0.1, 0.15) is 11.5 Å². The SMILES string of the molecule is Cc1cnc(-c2ccccc2OC(F)F)o1. The number of ether oxygens (including phenoxy) is 1. The number of aromatic nitrogens is 1. The Kier molecular flexibility index (Phi) is 2.85. The van der Waals surface area contributed by atoms with Gasteiger partial charge >= 0.3 is 6.61 Å². The van der Waals surface area contributed by atoms with Crippen LogP contribution in [0.25, 0.3) is 11.5 Å². The van der Waals surface area contributed by atoms with E-state index in [0.717, 1.165) is 0 Å². The quantitative estimate of drug-likeness (QED) is 0.804. The topological polar surface area (TPSA) is 35.3 Å². The Labute approximate surface area is 90.7 Å². The minimum Gasteiger partial charge on any atom is -0.441 e. The van der Waals surface area contributed by atoms with E-state index in [9.17, 15) is 8.78 Å². The zero-order chi connectivity index (χ0) is 11.5. The molecule has 0 amide bonds. The minimum absolute atomic E-state index is 0.0550. The highest BCUT2D eigenvalue weighted by molar-refractivity contribution is 5.62. The first-order valence-electron chi connectivity index (χ1n) is 4.63. The van der Waals surface area contributed by atoms with Gasteiger partial charge in [0.05, 0.1) is 11.8 Å². The van der Waals surface area contributed by atoms with Gasteiger partial charge < -0.3 is 9.15 Å². The fourth-order valence-electron chi connectivity index (χ4n) is 1.32. The van der Waals surface area contributed by atoms with Crippen molar-refractivity contribution in [1.29, 1.82) is 0 Å². The minimum atomic E-state index is -2.86. The van der Waals surface area contributed by atoms with Crippen LogP contribution in [0.1, 0.15) is 5.76 Å². The standard InChI is InChI=1S/C11H9F2NO2/c1-7-6-14-10(15-7)8-4-2-3-5-9(8)16-11(12)13/h2-6,11H,1H3. The van der Waals surface area contributed by atoms with Crippen LogP contribution >= 0.6 is 0 Å². The number of benzene rings is 1. The Morgan fingerprint density at radius 3 is 2.69 bits per heavy atom. The number of aryl methyl sites for hydroxylation is 1. The highest BCUT2D eigenvalue weighted by Gasteiger charge is 2.13. The molecule has 5 heteroatoms. The molecule has 0 spiro atoms. The Hall–Kier alpha value is -1.91. The Bertz CT molecular complexity index is 482. The fourth-order valence-corrected chi connectivity index (χ4v) is 1.32. The molecule has 3 nitrogen and oxygen atoms in total. The lowest BCUT2D eigenvalue weighted by atomic mass is 10.2. The van der Waals surface area contributed by atoms with Crippen molar-refractivity contribution in [3.8, 4) is 17.2 Å². The molecule has 1 heterocycles. The first kappa shape index (κ1) is 10.6. The molecule has 0 aliphatic heterocycles.